The fourth-order valence-electron chi connectivity index (χ4n) is 2.11. The smallest absolute Gasteiger partial charge is 0.254 e. The molecule has 1 aliphatic rings. The molecule has 1 saturated carbocycles. The van der Waals surface area contributed by atoms with Crippen LogP contribution in [0, 0.1) is 13.8 Å². The lowest BCUT2D eigenvalue weighted by Gasteiger charge is -2.23. The number of aryl methyl sites for hydroxylation is 1. The highest BCUT2D eigenvalue weighted by Crippen LogP contribution is 2.28. The summed E-state index contributed by atoms with van der Waals surface area (Å²) in [6.45, 7) is 5.25. The van der Waals surface area contributed by atoms with Crippen LogP contribution in [0.5, 0.6) is 0 Å². The van der Waals surface area contributed by atoms with Gasteiger partial charge in [0.05, 0.1) is 0 Å². The molecule has 3 nitrogen and oxygen atoms in total. The molecule has 0 bridgehead atoms. The van der Waals surface area contributed by atoms with Crippen LogP contribution in [0.4, 0.5) is 0 Å². The van der Waals surface area contributed by atoms with Gasteiger partial charge >= 0.3 is 0 Å². The van der Waals surface area contributed by atoms with Crippen molar-refractivity contribution in [3.05, 3.63) is 34.9 Å². The van der Waals surface area contributed by atoms with E-state index in [0.29, 0.717) is 19.1 Å². The number of nitrogens with zero attached hydrogens (tertiary/aromatic N) is 1. The third-order valence-electron chi connectivity index (χ3n) is 3.45. The van der Waals surface area contributed by atoms with Gasteiger partial charge in [-0.25, -0.2) is 0 Å². The molecular formula is C14H20N2O. The normalized spacial score (nSPS) is 14.8. The summed E-state index contributed by atoms with van der Waals surface area (Å²) < 4.78 is 0. The van der Waals surface area contributed by atoms with Gasteiger partial charge in [0.25, 0.3) is 5.91 Å². The number of rotatable bonds is 4. The van der Waals surface area contributed by atoms with Crippen molar-refractivity contribution in [1.29, 1.82) is 0 Å². The molecule has 1 aromatic rings. The molecule has 2 rings (SSSR count). The number of carbonyl (C=O) groups is 1. The minimum Gasteiger partial charge on any atom is -0.334 e. The summed E-state index contributed by atoms with van der Waals surface area (Å²) in [5, 5.41) is 0. The van der Waals surface area contributed by atoms with Crippen LogP contribution in [-0.2, 0) is 0 Å². The molecule has 1 fully saturated rings. The van der Waals surface area contributed by atoms with Gasteiger partial charge in [-0.3, -0.25) is 4.79 Å². The van der Waals surface area contributed by atoms with Crippen LogP contribution in [0.1, 0.15) is 34.3 Å². The third-order valence-corrected chi connectivity index (χ3v) is 3.45. The van der Waals surface area contributed by atoms with Crippen molar-refractivity contribution in [2.75, 3.05) is 13.1 Å². The number of nitrogens with two attached hydrogens (primary N) is 1. The summed E-state index contributed by atoms with van der Waals surface area (Å²) in [5.74, 6) is 0.138. The molecule has 0 heterocycles. The number of carbonyl (C=O) groups excluding carboxylic acids is 1. The van der Waals surface area contributed by atoms with Crippen molar-refractivity contribution in [1.82, 2.24) is 4.90 Å². The van der Waals surface area contributed by atoms with E-state index in [1.165, 1.54) is 5.56 Å². The topological polar surface area (TPSA) is 46.3 Å². The lowest BCUT2D eigenvalue weighted by atomic mass is 10.0. The molecule has 0 aliphatic heterocycles. The van der Waals surface area contributed by atoms with Crippen LogP contribution in [-0.4, -0.2) is 29.9 Å². The van der Waals surface area contributed by atoms with Crippen LogP contribution in [0.15, 0.2) is 18.2 Å². The molecule has 1 aromatic carbocycles. The standard InChI is InChI=1S/C14H20N2O/c1-10-4-3-5-13(11(10)2)14(17)16(9-8-15)12-6-7-12/h3-5,12H,6-9,15H2,1-2H3. The zero-order valence-corrected chi connectivity index (χ0v) is 10.6. The molecule has 1 amide bonds. The molecule has 0 aromatic heterocycles. The lowest BCUT2D eigenvalue weighted by Crippen LogP contribution is -2.37. The zero-order chi connectivity index (χ0) is 12.4. The van der Waals surface area contributed by atoms with Crippen molar-refractivity contribution in [2.45, 2.75) is 32.7 Å². The van der Waals surface area contributed by atoms with E-state index in [4.69, 9.17) is 5.73 Å². The quantitative estimate of drug-likeness (QED) is 0.861. The molecular weight excluding hydrogens is 212 g/mol. The molecule has 0 radical (unpaired) electrons. The van der Waals surface area contributed by atoms with Gasteiger partial charge in [0.15, 0.2) is 0 Å². The van der Waals surface area contributed by atoms with E-state index in [1.807, 2.05) is 36.9 Å². The number of benzene rings is 1. The van der Waals surface area contributed by atoms with Crippen LogP contribution < -0.4 is 5.73 Å². The first-order valence-corrected chi connectivity index (χ1v) is 6.22. The highest BCUT2D eigenvalue weighted by Gasteiger charge is 2.32. The summed E-state index contributed by atoms with van der Waals surface area (Å²) in [6.07, 6.45) is 2.24. The Hall–Kier alpha value is -1.35. The molecule has 1 aliphatic carbocycles. The van der Waals surface area contributed by atoms with Crippen molar-refractivity contribution in [3.63, 3.8) is 0 Å². The monoisotopic (exact) mass is 232 g/mol. The highest BCUT2D eigenvalue weighted by atomic mass is 16.2. The fraction of sp³-hybridized carbons (Fsp3) is 0.500. The fourth-order valence-corrected chi connectivity index (χ4v) is 2.11. The van der Waals surface area contributed by atoms with Gasteiger partial charge < -0.3 is 10.6 Å². The molecule has 0 saturated heterocycles. The van der Waals surface area contributed by atoms with E-state index < -0.39 is 0 Å². The van der Waals surface area contributed by atoms with E-state index in [9.17, 15) is 4.79 Å². The Labute approximate surface area is 103 Å². The maximum Gasteiger partial charge on any atom is 0.254 e. The van der Waals surface area contributed by atoms with Crippen LogP contribution >= 0.6 is 0 Å². The highest BCUT2D eigenvalue weighted by molar-refractivity contribution is 5.96. The molecule has 17 heavy (non-hydrogen) atoms. The number of hydrogen-bond acceptors (Lipinski definition) is 2. The summed E-state index contributed by atoms with van der Waals surface area (Å²) in [5.41, 5.74) is 8.66. The Kier molecular flexibility index (Phi) is 3.48. The lowest BCUT2D eigenvalue weighted by molar-refractivity contribution is 0.0747. The Morgan fingerprint density at radius 3 is 2.71 bits per heavy atom. The maximum absolute atomic E-state index is 12.5. The second-order valence-electron chi connectivity index (χ2n) is 4.77. The van der Waals surface area contributed by atoms with Crippen LogP contribution in [0.2, 0.25) is 0 Å². The summed E-state index contributed by atoms with van der Waals surface area (Å²) in [4.78, 5) is 14.4. The van der Waals surface area contributed by atoms with Crippen molar-refractivity contribution >= 4 is 5.91 Å². The van der Waals surface area contributed by atoms with Gasteiger partial charge in [-0.15, -0.1) is 0 Å². The first kappa shape index (κ1) is 12.1. The molecule has 0 atom stereocenters. The molecule has 3 heteroatoms. The van der Waals surface area contributed by atoms with E-state index in [1.54, 1.807) is 0 Å². The Balaban J connectivity index is 2.25. The summed E-state index contributed by atoms with van der Waals surface area (Å²) in [6, 6.07) is 6.32. The predicted molar refractivity (Wildman–Crippen MR) is 69.0 cm³/mol. The Morgan fingerprint density at radius 2 is 2.12 bits per heavy atom. The number of amides is 1. The van der Waals surface area contributed by atoms with Crippen molar-refractivity contribution in [2.24, 2.45) is 5.73 Å². The van der Waals surface area contributed by atoms with Crippen LogP contribution in [0.3, 0.4) is 0 Å². The number of hydrogen-bond donors (Lipinski definition) is 1. The molecule has 2 N–H and O–H groups in total. The van der Waals surface area contributed by atoms with Gasteiger partial charge in [-0.05, 0) is 43.9 Å². The van der Waals surface area contributed by atoms with Gasteiger partial charge in [-0.2, -0.15) is 0 Å². The second-order valence-corrected chi connectivity index (χ2v) is 4.77. The zero-order valence-electron chi connectivity index (χ0n) is 10.6. The minimum atomic E-state index is 0.138. The van der Waals surface area contributed by atoms with E-state index in [-0.39, 0.29) is 5.91 Å². The minimum absolute atomic E-state index is 0.138. The summed E-state index contributed by atoms with van der Waals surface area (Å²) in [7, 11) is 0. The largest absolute Gasteiger partial charge is 0.334 e. The van der Waals surface area contributed by atoms with Crippen molar-refractivity contribution in [3.8, 4) is 0 Å². The molecule has 0 unspecified atom stereocenters. The van der Waals surface area contributed by atoms with Gasteiger partial charge in [0, 0.05) is 24.7 Å². The second kappa shape index (κ2) is 4.88. The van der Waals surface area contributed by atoms with E-state index >= 15 is 0 Å². The SMILES string of the molecule is Cc1cccc(C(=O)N(CCN)C2CC2)c1C. The molecule has 92 valence electrons. The third kappa shape index (κ3) is 2.50. The van der Waals surface area contributed by atoms with Gasteiger partial charge in [0.2, 0.25) is 0 Å². The average molecular weight is 232 g/mol. The van der Waals surface area contributed by atoms with Crippen molar-refractivity contribution < 1.29 is 4.79 Å². The van der Waals surface area contributed by atoms with Gasteiger partial charge in [-0.1, -0.05) is 12.1 Å². The Bertz CT molecular complexity index is 424. The van der Waals surface area contributed by atoms with E-state index in [2.05, 4.69) is 0 Å². The summed E-state index contributed by atoms with van der Waals surface area (Å²) >= 11 is 0. The molecule has 0 spiro atoms. The predicted octanol–water partition coefficient (Wildman–Crippen LogP) is 1.87. The average Bonchev–Trinajstić information content (AvgIpc) is 3.13. The first-order chi connectivity index (χ1) is 8.15. The van der Waals surface area contributed by atoms with Gasteiger partial charge in [0.1, 0.15) is 0 Å². The first-order valence-electron chi connectivity index (χ1n) is 6.22. The van der Waals surface area contributed by atoms with E-state index in [0.717, 1.165) is 24.0 Å². The van der Waals surface area contributed by atoms with Crippen LogP contribution in [0.25, 0.3) is 0 Å². The maximum atomic E-state index is 12.5. The Morgan fingerprint density at radius 1 is 1.41 bits per heavy atom.